The Balaban J connectivity index is 2.31. The molecule has 0 saturated carbocycles. The number of aromatic nitrogens is 3. The SMILES string of the molecule is CCCCC(C)Nc1n[nH]c(N)n1. The fourth-order valence-corrected chi connectivity index (χ4v) is 1.14. The van der Waals surface area contributed by atoms with Crippen molar-refractivity contribution in [1.29, 1.82) is 0 Å². The molecule has 0 bridgehead atoms. The van der Waals surface area contributed by atoms with Crippen molar-refractivity contribution >= 4 is 11.9 Å². The standard InChI is InChI=1S/C8H17N5/c1-3-4-5-6(2)10-8-11-7(9)12-13-8/h6H,3-5H2,1-2H3,(H4,9,10,11,12,13). The van der Waals surface area contributed by atoms with Gasteiger partial charge in [-0.1, -0.05) is 19.8 Å². The van der Waals surface area contributed by atoms with Crippen molar-refractivity contribution in [2.24, 2.45) is 0 Å². The normalized spacial score (nSPS) is 12.8. The van der Waals surface area contributed by atoms with Crippen LogP contribution in [0.3, 0.4) is 0 Å². The lowest BCUT2D eigenvalue weighted by Crippen LogP contribution is -2.15. The Hall–Kier alpha value is -1.26. The van der Waals surface area contributed by atoms with Crippen LogP contribution < -0.4 is 11.1 Å². The Kier molecular flexibility index (Phi) is 3.54. The highest BCUT2D eigenvalue weighted by atomic mass is 15.3. The molecule has 0 aliphatic heterocycles. The van der Waals surface area contributed by atoms with Gasteiger partial charge in [-0.05, 0) is 13.3 Å². The molecule has 0 aromatic carbocycles. The van der Waals surface area contributed by atoms with E-state index in [0.717, 1.165) is 6.42 Å². The van der Waals surface area contributed by atoms with E-state index in [1.54, 1.807) is 0 Å². The summed E-state index contributed by atoms with van der Waals surface area (Å²) in [6.45, 7) is 4.29. The summed E-state index contributed by atoms with van der Waals surface area (Å²) >= 11 is 0. The topological polar surface area (TPSA) is 79.6 Å². The third kappa shape index (κ3) is 3.31. The number of nitrogens with one attached hydrogen (secondary N) is 2. The number of unbranched alkanes of at least 4 members (excludes halogenated alkanes) is 1. The second-order valence-electron chi connectivity index (χ2n) is 3.23. The summed E-state index contributed by atoms with van der Waals surface area (Å²) in [7, 11) is 0. The largest absolute Gasteiger partial charge is 0.368 e. The maximum Gasteiger partial charge on any atom is 0.243 e. The third-order valence-corrected chi connectivity index (χ3v) is 1.87. The van der Waals surface area contributed by atoms with E-state index >= 15 is 0 Å². The predicted octanol–water partition coefficient (Wildman–Crippen LogP) is 1.38. The van der Waals surface area contributed by atoms with Gasteiger partial charge >= 0.3 is 0 Å². The number of nitrogens with zero attached hydrogens (tertiary/aromatic N) is 2. The summed E-state index contributed by atoms with van der Waals surface area (Å²) < 4.78 is 0. The van der Waals surface area contributed by atoms with E-state index in [1.165, 1.54) is 12.8 Å². The molecule has 74 valence electrons. The van der Waals surface area contributed by atoms with Gasteiger partial charge in [0, 0.05) is 6.04 Å². The van der Waals surface area contributed by atoms with Gasteiger partial charge in [0.25, 0.3) is 0 Å². The molecular weight excluding hydrogens is 166 g/mol. The summed E-state index contributed by atoms with van der Waals surface area (Å²) in [5, 5.41) is 9.64. The van der Waals surface area contributed by atoms with Crippen molar-refractivity contribution < 1.29 is 0 Å². The van der Waals surface area contributed by atoms with Gasteiger partial charge in [-0.3, -0.25) is 0 Å². The summed E-state index contributed by atoms with van der Waals surface area (Å²) in [5.41, 5.74) is 5.39. The zero-order valence-corrected chi connectivity index (χ0v) is 8.17. The minimum absolute atomic E-state index is 0.352. The Morgan fingerprint density at radius 1 is 1.62 bits per heavy atom. The number of nitrogens with two attached hydrogens (primary N) is 1. The molecule has 4 N–H and O–H groups in total. The molecule has 0 aliphatic rings. The molecule has 0 radical (unpaired) electrons. The predicted molar refractivity (Wildman–Crippen MR) is 53.4 cm³/mol. The number of nitrogen functional groups attached to an aromatic ring is 1. The van der Waals surface area contributed by atoms with E-state index in [0.29, 0.717) is 17.9 Å². The van der Waals surface area contributed by atoms with E-state index < -0.39 is 0 Å². The van der Waals surface area contributed by atoms with Gasteiger partial charge in [-0.2, -0.15) is 4.98 Å². The smallest absolute Gasteiger partial charge is 0.243 e. The van der Waals surface area contributed by atoms with Crippen LogP contribution in [0.25, 0.3) is 0 Å². The van der Waals surface area contributed by atoms with Crippen molar-refractivity contribution in [2.45, 2.75) is 39.2 Å². The third-order valence-electron chi connectivity index (χ3n) is 1.87. The molecule has 5 nitrogen and oxygen atoms in total. The lowest BCUT2D eigenvalue weighted by atomic mass is 10.1. The molecule has 1 aromatic rings. The molecule has 1 heterocycles. The average molecular weight is 183 g/mol. The molecule has 1 aromatic heterocycles. The highest BCUT2D eigenvalue weighted by Crippen LogP contribution is 2.06. The van der Waals surface area contributed by atoms with Crippen LogP contribution in [-0.4, -0.2) is 21.2 Å². The van der Waals surface area contributed by atoms with Crippen molar-refractivity contribution in [1.82, 2.24) is 15.2 Å². The lowest BCUT2D eigenvalue weighted by molar-refractivity contribution is 0.641. The van der Waals surface area contributed by atoms with Crippen molar-refractivity contribution in [3.05, 3.63) is 0 Å². The first kappa shape index (κ1) is 9.83. The summed E-state index contributed by atoms with van der Waals surface area (Å²) in [6.07, 6.45) is 3.56. The van der Waals surface area contributed by atoms with Crippen LogP contribution >= 0.6 is 0 Å². The second-order valence-corrected chi connectivity index (χ2v) is 3.23. The molecule has 1 unspecified atom stereocenters. The summed E-state index contributed by atoms with van der Waals surface area (Å²) in [5.74, 6) is 0.936. The van der Waals surface area contributed by atoms with Gasteiger partial charge in [0.15, 0.2) is 0 Å². The summed E-state index contributed by atoms with van der Waals surface area (Å²) in [4.78, 5) is 3.96. The van der Waals surface area contributed by atoms with E-state index in [9.17, 15) is 0 Å². The minimum Gasteiger partial charge on any atom is -0.368 e. The molecule has 0 aliphatic carbocycles. The van der Waals surface area contributed by atoms with Crippen LogP contribution in [-0.2, 0) is 0 Å². The summed E-state index contributed by atoms with van der Waals surface area (Å²) in [6, 6.07) is 0.398. The zero-order chi connectivity index (χ0) is 9.68. The molecule has 0 spiro atoms. The Morgan fingerprint density at radius 3 is 2.92 bits per heavy atom. The molecule has 1 atom stereocenters. The highest BCUT2D eigenvalue weighted by Gasteiger charge is 2.04. The minimum atomic E-state index is 0.352. The van der Waals surface area contributed by atoms with Crippen LogP contribution in [0.5, 0.6) is 0 Å². The molecule has 0 fully saturated rings. The first-order chi connectivity index (χ1) is 6.22. The Labute approximate surface area is 78.1 Å². The number of anilines is 2. The number of H-pyrrole nitrogens is 1. The average Bonchev–Trinajstić information content (AvgIpc) is 2.48. The second kappa shape index (κ2) is 4.69. The van der Waals surface area contributed by atoms with Crippen molar-refractivity contribution in [3.8, 4) is 0 Å². The van der Waals surface area contributed by atoms with Gasteiger partial charge in [0.2, 0.25) is 11.9 Å². The van der Waals surface area contributed by atoms with Gasteiger partial charge in [0.05, 0.1) is 0 Å². The van der Waals surface area contributed by atoms with E-state index in [2.05, 4.69) is 34.3 Å². The number of hydrogen-bond acceptors (Lipinski definition) is 4. The molecule has 5 heteroatoms. The Morgan fingerprint density at radius 2 is 2.38 bits per heavy atom. The zero-order valence-electron chi connectivity index (χ0n) is 8.17. The van der Waals surface area contributed by atoms with Crippen LogP contribution in [0.4, 0.5) is 11.9 Å². The van der Waals surface area contributed by atoms with Gasteiger partial charge in [-0.25, -0.2) is 5.10 Å². The number of aromatic amines is 1. The number of hydrogen-bond donors (Lipinski definition) is 3. The first-order valence-electron chi connectivity index (χ1n) is 4.66. The van der Waals surface area contributed by atoms with Crippen LogP contribution in [0.1, 0.15) is 33.1 Å². The van der Waals surface area contributed by atoms with Crippen LogP contribution in [0.15, 0.2) is 0 Å². The maximum absolute atomic E-state index is 5.39. The van der Waals surface area contributed by atoms with Crippen LogP contribution in [0.2, 0.25) is 0 Å². The monoisotopic (exact) mass is 183 g/mol. The van der Waals surface area contributed by atoms with E-state index in [1.807, 2.05) is 0 Å². The van der Waals surface area contributed by atoms with Crippen LogP contribution in [0, 0.1) is 0 Å². The molecular formula is C8H17N5. The van der Waals surface area contributed by atoms with E-state index in [4.69, 9.17) is 5.73 Å². The highest BCUT2D eigenvalue weighted by molar-refractivity contribution is 5.30. The fraction of sp³-hybridized carbons (Fsp3) is 0.750. The van der Waals surface area contributed by atoms with Gasteiger partial charge < -0.3 is 11.1 Å². The fourth-order valence-electron chi connectivity index (χ4n) is 1.14. The van der Waals surface area contributed by atoms with Crippen molar-refractivity contribution in [2.75, 3.05) is 11.1 Å². The number of rotatable bonds is 5. The van der Waals surface area contributed by atoms with Gasteiger partial charge in [0.1, 0.15) is 0 Å². The van der Waals surface area contributed by atoms with E-state index in [-0.39, 0.29) is 0 Å². The molecule has 0 amide bonds. The molecule has 13 heavy (non-hydrogen) atoms. The lowest BCUT2D eigenvalue weighted by Gasteiger charge is -2.10. The molecule has 0 saturated heterocycles. The first-order valence-corrected chi connectivity index (χ1v) is 4.66. The molecule has 1 rings (SSSR count). The Bertz CT molecular complexity index is 244. The van der Waals surface area contributed by atoms with Crippen molar-refractivity contribution in [3.63, 3.8) is 0 Å². The van der Waals surface area contributed by atoms with Gasteiger partial charge in [-0.15, -0.1) is 5.10 Å². The maximum atomic E-state index is 5.39. The quantitative estimate of drug-likeness (QED) is 0.644.